The molecule has 1 aliphatic carbocycles. The van der Waals surface area contributed by atoms with E-state index < -0.39 is 5.91 Å². The molecule has 10 rings (SSSR count). The number of hydrogen-bond donors (Lipinski definition) is 0. The molecule has 0 saturated carbocycles. The molecule has 168 valence electrons. The Morgan fingerprint density at radius 1 is 0.528 bits per heavy atom. The van der Waals surface area contributed by atoms with Gasteiger partial charge in [-0.25, -0.2) is 9.97 Å². The molecule has 0 bridgehead atoms. The van der Waals surface area contributed by atoms with Crippen molar-refractivity contribution in [2.75, 3.05) is 19.6 Å². The van der Waals surface area contributed by atoms with Crippen molar-refractivity contribution in [3.8, 4) is 0 Å². The van der Waals surface area contributed by atoms with Crippen LogP contribution in [0, 0.1) is 0 Å². The van der Waals surface area contributed by atoms with Crippen molar-refractivity contribution in [3.05, 3.63) is 109 Å². The van der Waals surface area contributed by atoms with Crippen molar-refractivity contribution < 1.29 is 0 Å². The van der Waals surface area contributed by atoms with Gasteiger partial charge >= 0.3 is 0 Å². The first-order chi connectivity index (χ1) is 17.9. The third kappa shape index (κ3) is 1.60. The SMILES string of the molecule is C1=C2C(=CC1)N1c3cccc4cccc(c34)N3c4nccnc4N4c5cccc6cccc(c56)N2C143. The third-order valence-corrected chi connectivity index (χ3v) is 8.34. The van der Waals surface area contributed by atoms with E-state index in [0.29, 0.717) is 0 Å². The summed E-state index contributed by atoms with van der Waals surface area (Å²) in [7, 11) is 0. The van der Waals surface area contributed by atoms with E-state index in [0.717, 1.165) is 29.4 Å². The molecule has 0 radical (unpaired) electrons. The zero-order valence-electron chi connectivity index (χ0n) is 19.1. The summed E-state index contributed by atoms with van der Waals surface area (Å²) in [5.74, 6) is 1.02. The molecular formula is C30H18N6. The van der Waals surface area contributed by atoms with Gasteiger partial charge in [-0.05, 0) is 41.5 Å². The quantitative estimate of drug-likeness (QED) is 0.261. The van der Waals surface area contributed by atoms with E-state index in [-0.39, 0.29) is 0 Å². The van der Waals surface area contributed by atoms with Crippen LogP contribution >= 0.6 is 0 Å². The Morgan fingerprint density at radius 3 is 1.39 bits per heavy atom. The minimum Gasteiger partial charge on any atom is -0.279 e. The highest BCUT2D eigenvalue weighted by atomic mass is 15.8. The molecule has 5 heterocycles. The number of fused-ring (bicyclic) bond motifs is 10. The molecule has 5 aromatic rings. The fourth-order valence-electron chi connectivity index (χ4n) is 7.23. The van der Waals surface area contributed by atoms with E-state index in [2.05, 4.69) is 105 Å². The summed E-state index contributed by atoms with van der Waals surface area (Å²) in [6.07, 6.45) is 9.27. The molecule has 0 amide bonds. The maximum Gasteiger partial charge on any atom is 0.298 e. The number of aromatic nitrogens is 2. The smallest absolute Gasteiger partial charge is 0.279 e. The van der Waals surface area contributed by atoms with Gasteiger partial charge < -0.3 is 0 Å². The van der Waals surface area contributed by atoms with Crippen LogP contribution < -0.4 is 19.6 Å². The minimum absolute atomic E-state index is 0.729. The van der Waals surface area contributed by atoms with Gasteiger partial charge in [-0.1, -0.05) is 60.7 Å². The topological polar surface area (TPSA) is 38.7 Å². The van der Waals surface area contributed by atoms with E-state index in [9.17, 15) is 0 Å². The summed E-state index contributed by atoms with van der Waals surface area (Å²) < 4.78 is 0. The van der Waals surface area contributed by atoms with Gasteiger partial charge in [0.25, 0.3) is 5.91 Å². The van der Waals surface area contributed by atoms with Crippen molar-refractivity contribution in [2.45, 2.75) is 12.3 Å². The molecule has 1 aromatic heterocycles. The van der Waals surface area contributed by atoms with Crippen LogP contribution in [0.3, 0.4) is 0 Å². The Hall–Kier alpha value is -4.84. The van der Waals surface area contributed by atoms with Gasteiger partial charge in [0, 0.05) is 23.2 Å². The van der Waals surface area contributed by atoms with Crippen molar-refractivity contribution in [3.63, 3.8) is 0 Å². The molecule has 1 fully saturated rings. The average Bonchev–Trinajstić information content (AvgIpc) is 3.58. The second-order valence-corrected chi connectivity index (χ2v) is 9.86. The second kappa shape index (κ2) is 5.52. The van der Waals surface area contributed by atoms with Gasteiger partial charge in [0.05, 0.1) is 34.1 Å². The fourth-order valence-corrected chi connectivity index (χ4v) is 7.23. The highest BCUT2D eigenvalue weighted by Gasteiger charge is 2.70. The summed E-state index contributed by atoms with van der Waals surface area (Å²) in [5.41, 5.74) is 7.22. The number of benzene rings is 4. The van der Waals surface area contributed by atoms with Crippen LogP contribution in [-0.4, -0.2) is 15.9 Å². The van der Waals surface area contributed by atoms with Crippen LogP contribution in [0.25, 0.3) is 21.5 Å². The van der Waals surface area contributed by atoms with Gasteiger partial charge in [-0.15, -0.1) is 0 Å². The summed E-state index contributed by atoms with van der Waals surface area (Å²) in [4.78, 5) is 19.8. The number of nitrogens with zero attached hydrogens (tertiary/aromatic N) is 6. The monoisotopic (exact) mass is 462 g/mol. The zero-order valence-corrected chi connectivity index (χ0v) is 19.1. The van der Waals surface area contributed by atoms with Crippen LogP contribution in [0.5, 0.6) is 0 Å². The van der Waals surface area contributed by atoms with E-state index in [1.165, 1.54) is 44.3 Å². The molecule has 4 aliphatic heterocycles. The predicted octanol–water partition coefficient (Wildman–Crippen LogP) is 6.51. The van der Waals surface area contributed by atoms with Crippen molar-refractivity contribution in [1.29, 1.82) is 0 Å². The number of allylic oxidation sites excluding steroid dienone is 2. The van der Waals surface area contributed by atoms with Crippen LogP contribution in [0.15, 0.2) is 109 Å². The maximum atomic E-state index is 4.97. The van der Waals surface area contributed by atoms with Gasteiger partial charge in [0.15, 0.2) is 11.6 Å². The van der Waals surface area contributed by atoms with E-state index in [4.69, 9.17) is 9.97 Å². The Morgan fingerprint density at radius 2 is 0.944 bits per heavy atom. The number of anilines is 6. The standard InChI is InChI=1S/C30H18N6/c1-6-18-8-3-14-24-26(18)22(12-1)33-20-10-5-11-21(20)34-23-13-2-7-19-9-4-15-25(27(19)23)36-29-28(31-16-17-32-29)35(24)30(33,34)36/h1-4,6-17H,5H2. The third-order valence-electron chi connectivity index (χ3n) is 8.34. The lowest BCUT2D eigenvalue weighted by atomic mass is 9.98. The second-order valence-electron chi connectivity index (χ2n) is 9.86. The molecule has 6 heteroatoms. The van der Waals surface area contributed by atoms with Crippen LogP contribution in [0.4, 0.5) is 34.4 Å². The molecule has 0 unspecified atom stereocenters. The lowest BCUT2D eigenvalue weighted by Crippen LogP contribution is -2.72. The lowest BCUT2D eigenvalue weighted by Gasteiger charge is -2.56. The van der Waals surface area contributed by atoms with Crippen molar-refractivity contribution in [1.82, 2.24) is 9.97 Å². The highest BCUT2D eigenvalue weighted by molar-refractivity contribution is 6.17. The molecule has 4 aromatic carbocycles. The minimum atomic E-state index is -0.729. The highest BCUT2D eigenvalue weighted by Crippen LogP contribution is 2.68. The Kier molecular flexibility index (Phi) is 2.69. The number of hydrogen-bond acceptors (Lipinski definition) is 6. The largest absolute Gasteiger partial charge is 0.298 e. The normalized spacial score (nSPS) is 18.8. The van der Waals surface area contributed by atoms with Gasteiger partial charge in [0.2, 0.25) is 0 Å². The molecule has 36 heavy (non-hydrogen) atoms. The van der Waals surface area contributed by atoms with E-state index in [1.807, 2.05) is 12.4 Å². The molecular weight excluding hydrogens is 444 g/mol. The Labute approximate surface area is 206 Å². The van der Waals surface area contributed by atoms with Crippen molar-refractivity contribution in [2.24, 2.45) is 0 Å². The Balaban J connectivity index is 1.47. The summed E-state index contributed by atoms with van der Waals surface area (Å²) in [6.45, 7) is 0. The molecule has 1 saturated heterocycles. The van der Waals surface area contributed by atoms with Gasteiger partial charge in [-0.2, -0.15) is 0 Å². The van der Waals surface area contributed by atoms with Crippen molar-refractivity contribution >= 4 is 55.9 Å². The van der Waals surface area contributed by atoms with E-state index in [1.54, 1.807) is 0 Å². The Bertz CT molecular complexity index is 1770. The summed E-state index contributed by atoms with van der Waals surface area (Å²) in [6, 6.07) is 26.5. The summed E-state index contributed by atoms with van der Waals surface area (Å²) >= 11 is 0. The van der Waals surface area contributed by atoms with Crippen LogP contribution in [0.2, 0.25) is 0 Å². The number of rotatable bonds is 0. The summed E-state index contributed by atoms with van der Waals surface area (Å²) in [5, 5.41) is 4.94. The zero-order chi connectivity index (χ0) is 23.2. The van der Waals surface area contributed by atoms with E-state index >= 15 is 0 Å². The first-order valence-corrected chi connectivity index (χ1v) is 12.4. The first kappa shape index (κ1) is 17.6. The molecule has 0 N–H and O–H groups in total. The molecule has 5 aliphatic rings. The maximum absolute atomic E-state index is 4.97. The van der Waals surface area contributed by atoms with Crippen LogP contribution in [0.1, 0.15) is 6.42 Å². The first-order valence-electron chi connectivity index (χ1n) is 12.4. The van der Waals surface area contributed by atoms with Crippen LogP contribution in [-0.2, 0) is 0 Å². The molecule has 6 nitrogen and oxygen atoms in total. The molecule has 1 spiro atoms. The lowest BCUT2D eigenvalue weighted by molar-refractivity contribution is 0.465. The fraction of sp³-hybridized carbons (Fsp3) is 0.0667. The van der Waals surface area contributed by atoms with Gasteiger partial charge in [-0.3, -0.25) is 19.6 Å². The van der Waals surface area contributed by atoms with Gasteiger partial charge in [0.1, 0.15) is 0 Å². The average molecular weight is 463 g/mol. The predicted molar refractivity (Wildman–Crippen MR) is 143 cm³/mol. The molecule has 0 atom stereocenters.